The van der Waals surface area contributed by atoms with E-state index in [-0.39, 0.29) is 19.6 Å². The van der Waals surface area contributed by atoms with E-state index in [2.05, 4.69) is 5.16 Å². The van der Waals surface area contributed by atoms with Crippen molar-refractivity contribution in [3.63, 3.8) is 0 Å². The highest BCUT2D eigenvalue weighted by Gasteiger charge is 2.35. The van der Waals surface area contributed by atoms with Crippen molar-refractivity contribution in [2.45, 2.75) is 13.0 Å². The molecular formula is C19H14N2O6. The third-order valence-electron chi connectivity index (χ3n) is 4.12. The summed E-state index contributed by atoms with van der Waals surface area (Å²) in [6.07, 6.45) is 1.41. The molecule has 27 heavy (non-hydrogen) atoms. The van der Waals surface area contributed by atoms with Gasteiger partial charge in [-0.1, -0.05) is 17.3 Å². The number of esters is 1. The fourth-order valence-electron chi connectivity index (χ4n) is 2.79. The van der Waals surface area contributed by atoms with Gasteiger partial charge in [0.1, 0.15) is 12.3 Å². The first-order valence-electron chi connectivity index (χ1n) is 8.24. The molecule has 0 unspecified atom stereocenters. The third-order valence-corrected chi connectivity index (χ3v) is 4.12. The van der Waals surface area contributed by atoms with E-state index in [4.69, 9.17) is 13.7 Å². The van der Waals surface area contributed by atoms with Crippen LogP contribution in [0.25, 0.3) is 11.5 Å². The van der Waals surface area contributed by atoms with E-state index in [0.29, 0.717) is 28.3 Å². The summed E-state index contributed by atoms with van der Waals surface area (Å²) in [5.74, 6) is -0.400. The fraction of sp³-hybridized carbons (Fsp3) is 0.158. The lowest BCUT2D eigenvalue weighted by molar-refractivity contribution is -0.145. The molecular weight excluding hydrogens is 352 g/mol. The van der Waals surface area contributed by atoms with Gasteiger partial charge in [-0.25, -0.2) is 0 Å². The molecule has 0 N–H and O–H groups in total. The van der Waals surface area contributed by atoms with Crippen molar-refractivity contribution in [3.05, 3.63) is 65.5 Å². The Bertz CT molecular complexity index is 970. The van der Waals surface area contributed by atoms with Crippen LogP contribution in [0.15, 0.2) is 57.7 Å². The number of fused-ring (bicyclic) bond motifs is 1. The van der Waals surface area contributed by atoms with Gasteiger partial charge < -0.3 is 13.7 Å². The van der Waals surface area contributed by atoms with Crippen LogP contribution in [0.4, 0.5) is 0 Å². The highest BCUT2D eigenvalue weighted by atomic mass is 16.5. The summed E-state index contributed by atoms with van der Waals surface area (Å²) < 4.78 is 15.4. The minimum absolute atomic E-state index is 0.0400. The van der Waals surface area contributed by atoms with Crippen molar-refractivity contribution in [1.82, 2.24) is 10.1 Å². The first-order chi connectivity index (χ1) is 13.1. The monoisotopic (exact) mass is 366 g/mol. The SMILES string of the molecule is O=C(CCN1C(=O)c2ccccc2C1=O)OCc1cc(-c2ccco2)on1. The van der Waals surface area contributed by atoms with Gasteiger partial charge in [-0.05, 0) is 24.3 Å². The molecule has 0 fully saturated rings. The summed E-state index contributed by atoms with van der Waals surface area (Å²) in [7, 11) is 0. The van der Waals surface area contributed by atoms with Crippen molar-refractivity contribution in [1.29, 1.82) is 0 Å². The quantitative estimate of drug-likeness (QED) is 0.488. The lowest BCUT2D eigenvalue weighted by atomic mass is 10.1. The van der Waals surface area contributed by atoms with Crippen LogP contribution in [0.5, 0.6) is 0 Å². The van der Waals surface area contributed by atoms with Crippen LogP contribution in [0.1, 0.15) is 32.8 Å². The molecule has 0 saturated carbocycles. The molecule has 0 bridgehead atoms. The minimum atomic E-state index is -0.547. The molecule has 1 aromatic carbocycles. The van der Waals surface area contributed by atoms with E-state index in [1.54, 1.807) is 42.5 Å². The average Bonchev–Trinajstić information content (AvgIpc) is 3.41. The lowest BCUT2D eigenvalue weighted by Gasteiger charge is -2.12. The zero-order chi connectivity index (χ0) is 18.8. The number of rotatable bonds is 6. The van der Waals surface area contributed by atoms with Gasteiger partial charge in [-0.3, -0.25) is 19.3 Å². The molecule has 8 heteroatoms. The first-order valence-corrected chi connectivity index (χ1v) is 8.24. The number of amides is 2. The smallest absolute Gasteiger partial charge is 0.307 e. The molecule has 0 spiro atoms. The summed E-state index contributed by atoms with van der Waals surface area (Å²) in [6, 6.07) is 11.6. The number of furan rings is 1. The number of benzene rings is 1. The van der Waals surface area contributed by atoms with Gasteiger partial charge in [0.25, 0.3) is 11.8 Å². The molecule has 1 aliphatic heterocycles. The van der Waals surface area contributed by atoms with Crippen LogP contribution in [0.2, 0.25) is 0 Å². The number of ether oxygens (including phenoxy) is 1. The van der Waals surface area contributed by atoms with Gasteiger partial charge in [-0.15, -0.1) is 0 Å². The summed E-state index contributed by atoms with van der Waals surface area (Å²) in [5, 5.41) is 3.80. The van der Waals surface area contributed by atoms with Gasteiger partial charge in [-0.2, -0.15) is 0 Å². The van der Waals surface area contributed by atoms with Crippen molar-refractivity contribution >= 4 is 17.8 Å². The molecule has 4 rings (SSSR count). The number of carbonyl (C=O) groups is 3. The second kappa shape index (κ2) is 6.91. The molecule has 3 aromatic rings. The summed E-state index contributed by atoms with van der Waals surface area (Å²) in [4.78, 5) is 37.5. The summed E-state index contributed by atoms with van der Waals surface area (Å²) in [5.41, 5.74) is 1.13. The standard InChI is InChI=1S/C19H14N2O6/c22-17(26-11-12-10-16(27-20-12)15-6-3-9-25-15)7-8-21-18(23)13-4-1-2-5-14(13)19(21)24/h1-6,9-10H,7-8,11H2. The van der Waals surface area contributed by atoms with Crippen molar-refractivity contribution in [2.24, 2.45) is 0 Å². The fourth-order valence-corrected chi connectivity index (χ4v) is 2.79. The number of imide groups is 1. The van der Waals surface area contributed by atoms with E-state index in [9.17, 15) is 14.4 Å². The second-order valence-electron chi connectivity index (χ2n) is 5.88. The van der Waals surface area contributed by atoms with Crippen molar-refractivity contribution in [3.8, 4) is 11.5 Å². The Kier molecular flexibility index (Phi) is 4.29. The number of hydrogen-bond donors (Lipinski definition) is 0. The van der Waals surface area contributed by atoms with Crippen molar-refractivity contribution in [2.75, 3.05) is 6.54 Å². The Balaban J connectivity index is 1.30. The Morgan fingerprint density at radius 2 is 1.78 bits per heavy atom. The second-order valence-corrected chi connectivity index (χ2v) is 5.88. The van der Waals surface area contributed by atoms with E-state index < -0.39 is 17.8 Å². The van der Waals surface area contributed by atoms with Crippen LogP contribution >= 0.6 is 0 Å². The molecule has 8 nitrogen and oxygen atoms in total. The molecule has 0 saturated heterocycles. The first kappa shape index (κ1) is 16.8. The van der Waals surface area contributed by atoms with Crippen molar-refractivity contribution < 1.29 is 28.1 Å². The van der Waals surface area contributed by atoms with E-state index in [1.807, 2.05) is 0 Å². The van der Waals surface area contributed by atoms with E-state index in [0.717, 1.165) is 4.90 Å². The maximum atomic E-state index is 12.2. The van der Waals surface area contributed by atoms with Gasteiger partial charge in [0.2, 0.25) is 5.76 Å². The molecule has 0 aliphatic carbocycles. The number of nitrogens with zero attached hydrogens (tertiary/aromatic N) is 2. The number of aromatic nitrogens is 1. The number of hydrogen-bond acceptors (Lipinski definition) is 7. The molecule has 136 valence electrons. The van der Waals surface area contributed by atoms with Crippen LogP contribution in [-0.4, -0.2) is 34.4 Å². The predicted octanol–water partition coefficient (Wildman–Crippen LogP) is 2.66. The predicted molar refractivity (Wildman–Crippen MR) is 90.4 cm³/mol. The highest BCUT2D eigenvalue weighted by molar-refractivity contribution is 6.21. The normalized spacial score (nSPS) is 13.1. The van der Waals surface area contributed by atoms with Gasteiger partial charge >= 0.3 is 5.97 Å². The van der Waals surface area contributed by atoms with Crippen LogP contribution < -0.4 is 0 Å². The Morgan fingerprint density at radius 3 is 2.44 bits per heavy atom. The van der Waals surface area contributed by atoms with Crippen LogP contribution in [0, 0.1) is 0 Å². The van der Waals surface area contributed by atoms with Crippen LogP contribution in [-0.2, 0) is 16.1 Å². The topological polar surface area (TPSA) is 103 Å². The lowest BCUT2D eigenvalue weighted by Crippen LogP contribution is -2.32. The summed E-state index contributed by atoms with van der Waals surface area (Å²) in [6.45, 7) is -0.118. The highest BCUT2D eigenvalue weighted by Crippen LogP contribution is 2.23. The number of carbonyl (C=O) groups excluding carboxylic acids is 3. The minimum Gasteiger partial charge on any atom is -0.461 e. The van der Waals surface area contributed by atoms with Gasteiger partial charge in [0, 0.05) is 12.6 Å². The Morgan fingerprint density at radius 1 is 1.04 bits per heavy atom. The van der Waals surface area contributed by atoms with Gasteiger partial charge in [0.15, 0.2) is 5.76 Å². The zero-order valence-electron chi connectivity index (χ0n) is 14.1. The average molecular weight is 366 g/mol. The molecule has 3 heterocycles. The maximum Gasteiger partial charge on any atom is 0.307 e. The largest absolute Gasteiger partial charge is 0.461 e. The van der Waals surface area contributed by atoms with Gasteiger partial charge in [0.05, 0.1) is 23.8 Å². The molecule has 0 atom stereocenters. The maximum absolute atomic E-state index is 12.2. The zero-order valence-corrected chi connectivity index (χ0v) is 14.1. The van der Waals surface area contributed by atoms with E-state index in [1.165, 1.54) is 6.26 Å². The Labute approximate surface area is 153 Å². The molecule has 0 radical (unpaired) electrons. The molecule has 2 aromatic heterocycles. The van der Waals surface area contributed by atoms with Crippen LogP contribution in [0.3, 0.4) is 0 Å². The molecule has 2 amide bonds. The molecule has 1 aliphatic rings. The third kappa shape index (κ3) is 3.24. The van der Waals surface area contributed by atoms with E-state index >= 15 is 0 Å². The summed E-state index contributed by atoms with van der Waals surface area (Å²) >= 11 is 0. The Hall–Kier alpha value is -3.68.